The number of hydrogen-bond acceptors (Lipinski definition) is 6. The first kappa shape index (κ1) is 28.0. The normalized spacial score (nSPS) is 21.2. The zero-order valence-corrected chi connectivity index (χ0v) is 22.1. The first-order chi connectivity index (χ1) is 18.7. The predicted octanol–water partition coefficient (Wildman–Crippen LogP) is 5.87. The van der Waals surface area contributed by atoms with Gasteiger partial charge in [0.05, 0.1) is 19.3 Å². The number of esters is 1. The molecule has 0 N–H and O–H groups in total. The Hall–Kier alpha value is -3.03. The van der Waals surface area contributed by atoms with Gasteiger partial charge in [-0.25, -0.2) is 0 Å². The highest BCUT2D eigenvalue weighted by molar-refractivity contribution is 5.69. The molecule has 0 bridgehead atoms. The van der Waals surface area contributed by atoms with Gasteiger partial charge >= 0.3 is 5.97 Å². The molecule has 0 amide bonds. The summed E-state index contributed by atoms with van der Waals surface area (Å²) in [5.74, 6) is -0.266. The van der Waals surface area contributed by atoms with Crippen LogP contribution in [-0.2, 0) is 48.1 Å². The Morgan fingerprint density at radius 1 is 0.789 bits per heavy atom. The summed E-state index contributed by atoms with van der Waals surface area (Å²) < 4.78 is 30.7. The lowest BCUT2D eigenvalue weighted by Gasteiger charge is -2.41. The van der Waals surface area contributed by atoms with Gasteiger partial charge in [0, 0.05) is 19.4 Å². The third-order valence-corrected chi connectivity index (χ3v) is 6.45. The average Bonchev–Trinajstić information content (AvgIpc) is 2.97. The SMILES string of the molecule is CCCO[C@@H]1C[C@@H](OCc2ccccc2)[C@@H](OCc2ccccc2)[C@@H](COC(=O)CCc2ccccc2)O1. The number of hydrogen-bond donors (Lipinski definition) is 0. The molecule has 1 aliphatic heterocycles. The van der Waals surface area contributed by atoms with Crippen LogP contribution in [0.15, 0.2) is 91.0 Å². The molecule has 38 heavy (non-hydrogen) atoms. The number of aryl methyl sites for hydroxylation is 1. The Morgan fingerprint density at radius 3 is 1.97 bits per heavy atom. The monoisotopic (exact) mass is 518 g/mol. The van der Waals surface area contributed by atoms with Crippen LogP contribution in [0, 0.1) is 0 Å². The summed E-state index contributed by atoms with van der Waals surface area (Å²) in [5.41, 5.74) is 3.23. The van der Waals surface area contributed by atoms with E-state index in [0.29, 0.717) is 39.1 Å². The summed E-state index contributed by atoms with van der Waals surface area (Å²) in [4.78, 5) is 12.6. The second-order valence-corrected chi connectivity index (χ2v) is 9.48. The molecule has 202 valence electrons. The molecular weight excluding hydrogens is 480 g/mol. The van der Waals surface area contributed by atoms with Crippen molar-refractivity contribution in [2.45, 2.75) is 70.4 Å². The van der Waals surface area contributed by atoms with Crippen molar-refractivity contribution in [1.29, 1.82) is 0 Å². The van der Waals surface area contributed by atoms with Crippen molar-refractivity contribution in [2.24, 2.45) is 0 Å². The highest BCUT2D eigenvalue weighted by atomic mass is 16.7. The molecule has 3 aromatic rings. The minimum atomic E-state index is -0.518. The van der Waals surface area contributed by atoms with Gasteiger partial charge < -0.3 is 23.7 Å². The van der Waals surface area contributed by atoms with E-state index in [0.717, 1.165) is 23.1 Å². The van der Waals surface area contributed by atoms with Crippen LogP contribution in [0.25, 0.3) is 0 Å². The van der Waals surface area contributed by atoms with Crippen LogP contribution in [0.3, 0.4) is 0 Å². The quantitative estimate of drug-likeness (QED) is 0.249. The molecule has 1 aliphatic rings. The van der Waals surface area contributed by atoms with Gasteiger partial charge in [-0.3, -0.25) is 4.79 Å². The van der Waals surface area contributed by atoms with Crippen molar-refractivity contribution < 1.29 is 28.5 Å². The van der Waals surface area contributed by atoms with Gasteiger partial charge in [-0.15, -0.1) is 0 Å². The van der Waals surface area contributed by atoms with Gasteiger partial charge in [0.25, 0.3) is 0 Å². The molecule has 4 atom stereocenters. The summed E-state index contributed by atoms with van der Waals surface area (Å²) in [7, 11) is 0. The molecule has 0 radical (unpaired) electrons. The molecular formula is C32H38O6. The van der Waals surface area contributed by atoms with E-state index >= 15 is 0 Å². The van der Waals surface area contributed by atoms with E-state index < -0.39 is 18.5 Å². The molecule has 0 aromatic heterocycles. The van der Waals surface area contributed by atoms with Crippen molar-refractivity contribution in [2.75, 3.05) is 13.2 Å². The number of benzene rings is 3. The summed E-state index contributed by atoms with van der Waals surface area (Å²) >= 11 is 0. The van der Waals surface area contributed by atoms with E-state index in [4.69, 9.17) is 23.7 Å². The maximum atomic E-state index is 12.6. The number of carbonyl (C=O) groups excluding carboxylic acids is 1. The lowest BCUT2D eigenvalue weighted by Crippen LogP contribution is -2.53. The van der Waals surface area contributed by atoms with Gasteiger partial charge in [-0.2, -0.15) is 0 Å². The van der Waals surface area contributed by atoms with Gasteiger partial charge in [0.15, 0.2) is 6.29 Å². The Kier molecular flexibility index (Phi) is 11.3. The van der Waals surface area contributed by atoms with Crippen LogP contribution in [0.2, 0.25) is 0 Å². The predicted molar refractivity (Wildman–Crippen MR) is 145 cm³/mol. The molecule has 1 saturated heterocycles. The zero-order valence-electron chi connectivity index (χ0n) is 22.1. The first-order valence-corrected chi connectivity index (χ1v) is 13.5. The molecule has 6 heteroatoms. The molecule has 0 unspecified atom stereocenters. The molecule has 1 heterocycles. The number of ether oxygens (including phenoxy) is 5. The van der Waals surface area contributed by atoms with Crippen molar-refractivity contribution in [1.82, 2.24) is 0 Å². The summed E-state index contributed by atoms with van der Waals surface area (Å²) in [6, 6.07) is 30.0. The van der Waals surface area contributed by atoms with Crippen molar-refractivity contribution >= 4 is 5.97 Å². The second kappa shape index (κ2) is 15.4. The summed E-state index contributed by atoms with van der Waals surface area (Å²) in [6.07, 6.45) is 0.647. The zero-order chi connectivity index (χ0) is 26.4. The van der Waals surface area contributed by atoms with Crippen LogP contribution in [0.4, 0.5) is 0 Å². The van der Waals surface area contributed by atoms with E-state index in [1.807, 2.05) is 91.0 Å². The van der Waals surface area contributed by atoms with Crippen molar-refractivity contribution in [3.8, 4) is 0 Å². The molecule has 3 aromatic carbocycles. The molecule has 0 saturated carbocycles. The molecule has 4 rings (SSSR count). The highest BCUT2D eigenvalue weighted by Gasteiger charge is 2.41. The van der Waals surface area contributed by atoms with Gasteiger partial charge in [-0.1, -0.05) is 97.9 Å². The third kappa shape index (κ3) is 9.07. The lowest BCUT2D eigenvalue weighted by atomic mass is 10.0. The van der Waals surface area contributed by atoms with Crippen LogP contribution in [-0.4, -0.2) is 43.8 Å². The molecule has 6 nitrogen and oxygen atoms in total. The smallest absolute Gasteiger partial charge is 0.306 e. The Labute approximate surface area is 225 Å². The van der Waals surface area contributed by atoms with Gasteiger partial charge in [0.1, 0.15) is 18.8 Å². The Bertz CT molecular complexity index is 1060. The van der Waals surface area contributed by atoms with Gasteiger partial charge in [-0.05, 0) is 29.5 Å². The Morgan fingerprint density at radius 2 is 1.37 bits per heavy atom. The van der Waals surface area contributed by atoms with Crippen LogP contribution in [0.1, 0.15) is 42.9 Å². The van der Waals surface area contributed by atoms with Gasteiger partial charge in [0.2, 0.25) is 0 Å². The van der Waals surface area contributed by atoms with E-state index in [1.54, 1.807) is 0 Å². The maximum absolute atomic E-state index is 12.6. The first-order valence-electron chi connectivity index (χ1n) is 13.5. The van der Waals surface area contributed by atoms with E-state index in [2.05, 4.69) is 6.92 Å². The lowest BCUT2D eigenvalue weighted by molar-refractivity contribution is -0.276. The fourth-order valence-electron chi connectivity index (χ4n) is 4.44. The molecule has 0 spiro atoms. The summed E-state index contributed by atoms with van der Waals surface area (Å²) in [6.45, 7) is 3.56. The number of carbonyl (C=O) groups is 1. The number of rotatable bonds is 14. The second-order valence-electron chi connectivity index (χ2n) is 9.48. The van der Waals surface area contributed by atoms with E-state index in [-0.39, 0.29) is 18.7 Å². The third-order valence-electron chi connectivity index (χ3n) is 6.45. The van der Waals surface area contributed by atoms with Crippen LogP contribution >= 0.6 is 0 Å². The van der Waals surface area contributed by atoms with E-state index in [9.17, 15) is 4.79 Å². The standard InChI is InChI=1S/C32H38O6/c1-2-20-34-31-21-28(35-22-26-14-8-4-9-15-26)32(37-23-27-16-10-5-11-17-27)29(38-31)24-36-30(33)19-18-25-12-6-3-7-13-25/h3-17,28-29,31-32H,2,18-24H2,1H3/t28-,29-,31+,32-/m1/s1. The van der Waals surface area contributed by atoms with Crippen molar-refractivity contribution in [3.63, 3.8) is 0 Å². The van der Waals surface area contributed by atoms with Crippen LogP contribution in [0.5, 0.6) is 0 Å². The molecule has 0 aliphatic carbocycles. The minimum Gasteiger partial charge on any atom is -0.463 e. The summed E-state index contributed by atoms with van der Waals surface area (Å²) in [5, 5.41) is 0. The van der Waals surface area contributed by atoms with Crippen molar-refractivity contribution in [3.05, 3.63) is 108 Å². The Balaban J connectivity index is 1.43. The molecule has 1 fully saturated rings. The average molecular weight is 519 g/mol. The highest BCUT2D eigenvalue weighted by Crippen LogP contribution is 2.28. The maximum Gasteiger partial charge on any atom is 0.306 e. The van der Waals surface area contributed by atoms with E-state index in [1.165, 1.54) is 0 Å². The fourth-order valence-corrected chi connectivity index (χ4v) is 4.44. The topological polar surface area (TPSA) is 63.2 Å². The minimum absolute atomic E-state index is 0.0737. The van der Waals surface area contributed by atoms with Crippen LogP contribution < -0.4 is 0 Å². The fraction of sp³-hybridized carbons (Fsp3) is 0.406. The largest absolute Gasteiger partial charge is 0.463 e.